The summed E-state index contributed by atoms with van der Waals surface area (Å²) in [5, 5.41) is 4.24. The van der Waals surface area contributed by atoms with Crippen LogP contribution in [0.2, 0.25) is 0 Å². The van der Waals surface area contributed by atoms with Crippen molar-refractivity contribution < 1.29 is 0 Å². The van der Waals surface area contributed by atoms with Crippen molar-refractivity contribution in [2.75, 3.05) is 18.8 Å². The number of aryl methyl sites for hydroxylation is 1. The van der Waals surface area contributed by atoms with Gasteiger partial charge in [-0.25, -0.2) is 0 Å². The number of rotatable bonds is 3. The van der Waals surface area contributed by atoms with Crippen LogP contribution in [0.3, 0.4) is 0 Å². The quantitative estimate of drug-likeness (QED) is 0.783. The van der Waals surface area contributed by atoms with Crippen molar-refractivity contribution >= 4 is 5.82 Å². The molecule has 0 radical (unpaired) electrons. The highest BCUT2D eigenvalue weighted by molar-refractivity contribution is 5.38. The van der Waals surface area contributed by atoms with E-state index < -0.39 is 0 Å². The fraction of sp³-hybridized carbons (Fsp3) is 0.700. The topological polar surface area (TPSA) is 47.1 Å². The van der Waals surface area contributed by atoms with E-state index in [0.29, 0.717) is 0 Å². The van der Waals surface area contributed by atoms with Crippen LogP contribution in [0.4, 0.5) is 5.82 Å². The van der Waals surface area contributed by atoms with Crippen molar-refractivity contribution in [1.29, 1.82) is 0 Å². The third kappa shape index (κ3) is 1.75. The van der Waals surface area contributed by atoms with Gasteiger partial charge >= 0.3 is 0 Å². The van der Waals surface area contributed by atoms with Gasteiger partial charge in [-0.15, -0.1) is 0 Å². The first-order valence-electron chi connectivity index (χ1n) is 5.33. The Bertz CT molecular complexity index is 299. The van der Waals surface area contributed by atoms with E-state index in [1.54, 1.807) is 0 Å². The minimum atomic E-state index is 0.833. The fourth-order valence-corrected chi connectivity index (χ4v) is 1.99. The van der Waals surface area contributed by atoms with Crippen LogP contribution in [0.5, 0.6) is 0 Å². The van der Waals surface area contributed by atoms with Crippen LogP contribution in [-0.2, 0) is 13.1 Å². The van der Waals surface area contributed by atoms with Crippen molar-refractivity contribution in [3.63, 3.8) is 0 Å². The predicted molar refractivity (Wildman–Crippen MR) is 56.8 cm³/mol. The normalized spacial score (nSPS) is 17.8. The molecule has 0 atom stereocenters. The van der Waals surface area contributed by atoms with E-state index in [-0.39, 0.29) is 0 Å². The van der Waals surface area contributed by atoms with E-state index in [4.69, 9.17) is 5.73 Å². The first-order chi connectivity index (χ1) is 6.81. The van der Waals surface area contributed by atoms with Gasteiger partial charge in [0.1, 0.15) is 5.82 Å². The lowest BCUT2D eigenvalue weighted by atomic mass is 10.3. The van der Waals surface area contributed by atoms with Crippen molar-refractivity contribution in [2.45, 2.75) is 32.9 Å². The molecule has 14 heavy (non-hydrogen) atoms. The Morgan fingerprint density at radius 1 is 1.43 bits per heavy atom. The van der Waals surface area contributed by atoms with Crippen LogP contribution >= 0.6 is 0 Å². The van der Waals surface area contributed by atoms with Crippen LogP contribution in [0.1, 0.15) is 25.3 Å². The summed E-state index contributed by atoms with van der Waals surface area (Å²) in [6.07, 6.45) is 4.54. The number of nitrogens with two attached hydrogens (primary N) is 1. The Balaban J connectivity index is 2.04. The first-order valence-corrected chi connectivity index (χ1v) is 5.33. The standard InChI is InChI=1S/C10H18N4/c1-2-14-10(11)9(7-12-14)8-13-5-3-4-6-13/h7H,2-6,8,11H2,1H3. The highest BCUT2D eigenvalue weighted by Crippen LogP contribution is 2.17. The SMILES string of the molecule is CCn1ncc(CN2CCCC2)c1N. The molecular formula is C10H18N4. The molecule has 0 spiro atoms. The summed E-state index contributed by atoms with van der Waals surface area (Å²) < 4.78 is 1.85. The summed E-state index contributed by atoms with van der Waals surface area (Å²) in [4.78, 5) is 2.44. The second-order valence-corrected chi connectivity index (χ2v) is 3.85. The Morgan fingerprint density at radius 3 is 2.71 bits per heavy atom. The maximum absolute atomic E-state index is 5.97. The minimum absolute atomic E-state index is 0.833. The molecule has 0 bridgehead atoms. The van der Waals surface area contributed by atoms with Crippen LogP contribution in [0, 0.1) is 0 Å². The molecule has 0 aromatic carbocycles. The molecule has 0 amide bonds. The van der Waals surface area contributed by atoms with Gasteiger partial charge in [-0.2, -0.15) is 5.10 Å². The van der Waals surface area contributed by atoms with Gasteiger partial charge in [0.25, 0.3) is 0 Å². The zero-order valence-electron chi connectivity index (χ0n) is 8.74. The number of nitrogen functional groups attached to an aromatic ring is 1. The van der Waals surface area contributed by atoms with Crippen molar-refractivity contribution in [1.82, 2.24) is 14.7 Å². The van der Waals surface area contributed by atoms with Gasteiger partial charge in [0.05, 0.1) is 6.20 Å². The van der Waals surface area contributed by atoms with Crippen LogP contribution < -0.4 is 5.73 Å². The second kappa shape index (κ2) is 4.00. The smallest absolute Gasteiger partial charge is 0.126 e. The van der Waals surface area contributed by atoms with E-state index >= 15 is 0 Å². The molecule has 0 saturated carbocycles. The van der Waals surface area contributed by atoms with Gasteiger partial charge in [-0.1, -0.05) is 0 Å². The summed E-state index contributed by atoms with van der Waals surface area (Å²) in [7, 11) is 0. The molecule has 1 saturated heterocycles. The van der Waals surface area contributed by atoms with Crippen LogP contribution in [0.25, 0.3) is 0 Å². The lowest BCUT2D eigenvalue weighted by Crippen LogP contribution is -2.19. The lowest BCUT2D eigenvalue weighted by Gasteiger charge is -2.13. The number of nitrogens with zero attached hydrogens (tertiary/aromatic N) is 3. The Labute approximate surface area is 84.7 Å². The Hall–Kier alpha value is -1.03. The number of aromatic nitrogens is 2. The number of likely N-dealkylation sites (tertiary alicyclic amines) is 1. The molecule has 0 aliphatic carbocycles. The van der Waals surface area contributed by atoms with Crippen LogP contribution in [-0.4, -0.2) is 27.8 Å². The molecule has 1 aromatic heterocycles. The van der Waals surface area contributed by atoms with Gasteiger partial charge in [0.15, 0.2) is 0 Å². The van der Waals surface area contributed by atoms with Crippen molar-refractivity contribution in [3.8, 4) is 0 Å². The zero-order valence-corrected chi connectivity index (χ0v) is 8.74. The molecule has 2 rings (SSSR count). The van der Waals surface area contributed by atoms with E-state index in [9.17, 15) is 0 Å². The number of hydrogen-bond donors (Lipinski definition) is 1. The number of hydrogen-bond acceptors (Lipinski definition) is 3. The molecule has 1 aliphatic heterocycles. The van der Waals surface area contributed by atoms with Gasteiger partial charge in [0, 0.05) is 18.7 Å². The molecule has 2 N–H and O–H groups in total. The van der Waals surface area contributed by atoms with E-state index in [0.717, 1.165) is 18.9 Å². The second-order valence-electron chi connectivity index (χ2n) is 3.85. The van der Waals surface area contributed by atoms with Crippen molar-refractivity contribution in [3.05, 3.63) is 11.8 Å². The number of anilines is 1. The van der Waals surface area contributed by atoms with E-state index in [2.05, 4.69) is 16.9 Å². The summed E-state index contributed by atoms with van der Waals surface area (Å²) >= 11 is 0. The fourth-order valence-electron chi connectivity index (χ4n) is 1.99. The van der Waals surface area contributed by atoms with E-state index in [1.165, 1.54) is 31.5 Å². The maximum atomic E-state index is 5.97. The highest BCUT2D eigenvalue weighted by Gasteiger charge is 2.14. The van der Waals surface area contributed by atoms with Crippen molar-refractivity contribution in [2.24, 2.45) is 0 Å². The molecule has 78 valence electrons. The molecule has 1 aromatic rings. The minimum Gasteiger partial charge on any atom is -0.384 e. The molecule has 1 fully saturated rings. The average Bonchev–Trinajstić information content (AvgIpc) is 2.79. The van der Waals surface area contributed by atoms with Gasteiger partial charge in [-0.05, 0) is 32.9 Å². The average molecular weight is 194 g/mol. The Morgan fingerprint density at radius 2 is 2.14 bits per heavy atom. The predicted octanol–water partition coefficient (Wildman–Crippen LogP) is 1.08. The summed E-state index contributed by atoms with van der Waals surface area (Å²) in [6, 6.07) is 0. The zero-order chi connectivity index (χ0) is 9.97. The third-order valence-corrected chi connectivity index (χ3v) is 2.85. The highest BCUT2D eigenvalue weighted by atomic mass is 15.3. The summed E-state index contributed by atoms with van der Waals surface area (Å²) in [6.45, 7) is 6.29. The molecule has 4 nitrogen and oxygen atoms in total. The molecular weight excluding hydrogens is 176 g/mol. The summed E-state index contributed by atoms with van der Waals surface area (Å²) in [5.74, 6) is 0.833. The van der Waals surface area contributed by atoms with Gasteiger partial charge < -0.3 is 5.73 Å². The monoisotopic (exact) mass is 194 g/mol. The Kier molecular flexibility index (Phi) is 2.72. The third-order valence-electron chi connectivity index (χ3n) is 2.85. The van der Waals surface area contributed by atoms with Crippen LogP contribution in [0.15, 0.2) is 6.20 Å². The largest absolute Gasteiger partial charge is 0.384 e. The summed E-state index contributed by atoms with van der Waals surface area (Å²) in [5.41, 5.74) is 7.14. The lowest BCUT2D eigenvalue weighted by molar-refractivity contribution is 0.332. The molecule has 0 unspecified atom stereocenters. The molecule has 4 heteroatoms. The van der Waals surface area contributed by atoms with Gasteiger partial charge in [-0.3, -0.25) is 9.58 Å². The first kappa shape index (κ1) is 9.52. The molecule has 1 aliphatic rings. The van der Waals surface area contributed by atoms with E-state index in [1.807, 2.05) is 10.9 Å². The van der Waals surface area contributed by atoms with Gasteiger partial charge in [0.2, 0.25) is 0 Å². The maximum Gasteiger partial charge on any atom is 0.126 e. The molecule has 2 heterocycles.